The molecular formula is C69H90N16O8S2. The maximum absolute atomic E-state index is 13.7. The lowest BCUT2D eigenvalue weighted by Crippen LogP contribution is -2.36. The normalized spacial score (nSPS) is 15.9. The van der Waals surface area contributed by atoms with Gasteiger partial charge in [-0.3, -0.25) is 43.3 Å². The van der Waals surface area contributed by atoms with Crippen molar-refractivity contribution in [3.63, 3.8) is 0 Å². The summed E-state index contributed by atoms with van der Waals surface area (Å²) in [4.78, 5) is 29.8. The van der Waals surface area contributed by atoms with Crippen molar-refractivity contribution in [1.29, 1.82) is 0 Å². The van der Waals surface area contributed by atoms with Crippen LogP contribution in [0, 0.1) is 27.7 Å². The molecule has 5 aromatic carbocycles. The van der Waals surface area contributed by atoms with Gasteiger partial charge in [-0.1, -0.05) is 84.0 Å². The Morgan fingerprint density at radius 2 is 0.979 bits per heavy atom. The van der Waals surface area contributed by atoms with Gasteiger partial charge in [0.05, 0.1) is 96.7 Å². The molecule has 2 aromatic heterocycles. The molecule has 2 amide bonds. The Labute approximate surface area is 558 Å². The molecule has 9 N–H and O–H groups in total. The first-order valence-electron chi connectivity index (χ1n) is 31.8. The summed E-state index contributed by atoms with van der Waals surface area (Å²) in [5.41, 5.74) is 26.8. The summed E-state index contributed by atoms with van der Waals surface area (Å²) in [7, 11) is -4.32. The molecule has 2 saturated heterocycles. The maximum Gasteiger partial charge on any atom is 0.255 e. The molecule has 0 saturated carbocycles. The molecule has 6 heterocycles. The number of hydrazine groups is 4. The molecule has 0 atom stereocenters. The van der Waals surface area contributed by atoms with Crippen LogP contribution >= 0.6 is 0 Å². The minimum absolute atomic E-state index is 0.223. The lowest BCUT2D eigenvalue weighted by atomic mass is 9.86. The van der Waals surface area contributed by atoms with Crippen molar-refractivity contribution in [2.24, 2.45) is 0 Å². The average molecular weight is 1340 g/mol. The molecule has 95 heavy (non-hydrogen) atoms. The SMILES string of the molecule is COc1c(NC(=O)c2ccc(C)c(N3C=C(c4cnn(C5CCN(Cc6ccccc6)CC5)c4C)NN3)c2)cc(C(C)(C)C)cc1NS(C)(=O)=O.COc1c(NC(=O)c2ccc(C)c(N3C=C(c4cnn(C5CCNCC5)c4C)NN3)c2)cc(C(C)(C)C)cc1NS(C)(=O)=O. The predicted octanol–water partition coefficient (Wildman–Crippen LogP) is 10.3. The number of sulfonamides is 2. The number of hydrogen-bond acceptors (Lipinski definition) is 18. The standard InChI is InChI=1S/C38H48N8O4S.C31H42N8O4S/c1-25-13-14-28(37(47)40-32-20-29(38(3,4)5)21-33(36(32)50-6)42-51(7,48)49)19-35(25)45-24-34(41-43-45)31-22-39-46(26(31)2)30-15-17-44(18-16-30)23-27-11-9-8-10-12-27;1-19-8-9-21(30(40)34-25-15-22(31(3,4)5)16-26(29(25)43-6)36-44(7,41)42)14-28(19)38-18-27(35-37-38)24-17-33-39(20(24)2)23-10-12-32-13-11-23/h8-14,19-22,24,30,41-43H,15-18,23H2,1-7H3,(H,40,47);8-9,14-18,23,32,35-37H,10-13H2,1-7H3,(H,34,40). The van der Waals surface area contributed by atoms with Gasteiger partial charge in [0.25, 0.3) is 11.8 Å². The first kappa shape index (κ1) is 68.9. The first-order chi connectivity index (χ1) is 44.9. The fourth-order valence-corrected chi connectivity index (χ4v) is 13.3. The fourth-order valence-electron chi connectivity index (χ4n) is 12.2. The number of aromatic nitrogens is 4. The van der Waals surface area contributed by atoms with E-state index in [2.05, 4.69) is 106 Å². The lowest BCUT2D eigenvalue weighted by Gasteiger charge is -2.32. The van der Waals surface area contributed by atoms with Crippen LogP contribution in [0.15, 0.2) is 116 Å². The van der Waals surface area contributed by atoms with Crippen molar-refractivity contribution in [3.8, 4) is 11.5 Å². The van der Waals surface area contributed by atoms with E-state index < -0.39 is 20.0 Å². The number of hydrogen-bond donors (Lipinski definition) is 9. The zero-order valence-corrected chi connectivity index (χ0v) is 58.3. The number of carbonyl (C=O) groups excluding carboxylic acids is 2. The quantitative estimate of drug-likeness (QED) is 0.0386. The van der Waals surface area contributed by atoms with Gasteiger partial charge in [-0.25, -0.2) is 16.8 Å². The third-order valence-electron chi connectivity index (χ3n) is 17.5. The Morgan fingerprint density at radius 3 is 1.38 bits per heavy atom. The zero-order valence-electron chi connectivity index (χ0n) is 56.7. The highest BCUT2D eigenvalue weighted by atomic mass is 32.2. The summed E-state index contributed by atoms with van der Waals surface area (Å²) >= 11 is 0. The molecule has 0 spiro atoms. The molecule has 26 heteroatoms. The van der Waals surface area contributed by atoms with Crippen LogP contribution in [-0.4, -0.2) is 106 Å². The van der Waals surface area contributed by atoms with Crippen LogP contribution < -0.4 is 66.8 Å². The Morgan fingerprint density at radius 1 is 0.568 bits per heavy atom. The summed E-state index contributed by atoms with van der Waals surface area (Å²) < 4.78 is 69.0. The number of rotatable bonds is 18. The highest BCUT2D eigenvalue weighted by Gasteiger charge is 2.30. The molecule has 7 aromatic rings. The van der Waals surface area contributed by atoms with Gasteiger partial charge >= 0.3 is 0 Å². The second-order valence-corrected chi connectivity index (χ2v) is 30.3. The van der Waals surface area contributed by atoms with Crippen LogP contribution in [0.3, 0.4) is 0 Å². The van der Waals surface area contributed by atoms with Crippen molar-refractivity contribution in [1.82, 2.24) is 51.7 Å². The summed E-state index contributed by atoms with van der Waals surface area (Å²) in [6.07, 6.45) is 14.1. The lowest BCUT2D eigenvalue weighted by molar-refractivity contribution is 0.101. The highest BCUT2D eigenvalue weighted by Crippen LogP contribution is 2.42. The van der Waals surface area contributed by atoms with Crippen molar-refractivity contribution >= 4 is 77.4 Å². The molecule has 2 fully saturated rings. The summed E-state index contributed by atoms with van der Waals surface area (Å²) in [5.74, 6) is -0.283. The predicted molar refractivity (Wildman–Crippen MR) is 377 cm³/mol. The topological polar surface area (TPSA) is 275 Å². The van der Waals surface area contributed by atoms with Crippen molar-refractivity contribution < 1.29 is 35.9 Å². The molecule has 4 aliphatic heterocycles. The van der Waals surface area contributed by atoms with Crippen LogP contribution in [0.4, 0.5) is 34.1 Å². The molecule has 24 nitrogen and oxygen atoms in total. The van der Waals surface area contributed by atoms with Gasteiger partial charge in [-0.05, 0) is 154 Å². The zero-order chi connectivity index (χ0) is 68.3. The van der Waals surface area contributed by atoms with E-state index in [1.54, 1.807) is 30.3 Å². The van der Waals surface area contributed by atoms with E-state index in [4.69, 9.17) is 19.7 Å². The Hall–Kier alpha value is -8.92. The number of carbonyl (C=O) groups is 2. The van der Waals surface area contributed by atoms with Gasteiger partial charge in [-0.2, -0.15) is 10.2 Å². The van der Waals surface area contributed by atoms with Crippen LogP contribution in [0.1, 0.15) is 150 Å². The number of ether oxygens (including phenoxy) is 2. The largest absolute Gasteiger partial charge is 0.492 e. The van der Waals surface area contributed by atoms with Gasteiger partial charge in [0, 0.05) is 65.7 Å². The van der Waals surface area contributed by atoms with Gasteiger partial charge < -0.3 is 36.3 Å². The van der Waals surface area contributed by atoms with E-state index in [9.17, 15) is 26.4 Å². The van der Waals surface area contributed by atoms with E-state index in [1.807, 2.05) is 121 Å². The molecule has 0 radical (unpaired) electrons. The van der Waals surface area contributed by atoms with E-state index >= 15 is 0 Å². The van der Waals surface area contributed by atoms with Crippen LogP contribution in [0.2, 0.25) is 0 Å². The van der Waals surface area contributed by atoms with Gasteiger partial charge in [-0.15, -0.1) is 11.1 Å². The van der Waals surface area contributed by atoms with Gasteiger partial charge in [0.15, 0.2) is 11.5 Å². The first-order valence-corrected chi connectivity index (χ1v) is 35.6. The van der Waals surface area contributed by atoms with Gasteiger partial charge in [0.2, 0.25) is 20.0 Å². The number of benzene rings is 5. The van der Waals surface area contributed by atoms with Crippen molar-refractivity contribution in [3.05, 3.63) is 177 Å². The van der Waals surface area contributed by atoms with E-state index in [0.717, 1.165) is 138 Å². The van der Waals surface area contributed by atoms with E-state index in [0.29, 0.717) is 34.6 Å². The number of likely N-dealkylation sites (tertiary alicyclic amines) is 1. The van der Waals surface area contributed by atoms with Crippen LogP contribution in [0.25, 0.3) is 11.4 Å². The molecular weight excluding hydrogens is 1240 g/mol. The number of methoxy groups -OCH3 is 2. The van der Waals surface area contributed by atoms with Crippen molar-refractivity contribution in [2.45, 2.75) is 124 Å². The summed E-state index contributed by atoms with van der Waals surface area (Å²) in [6.45, 7) is 25.2. The number of piperidine rings is 2. The minimum atomic E-state index is -3.61. The third-order valence-corrected chi connectivity index (χ3v) is 18.7. The maximum atomic E-state index is 13.7. The summed E-state index contributed by atoms with van der Waals surface area (Å²) in [5, 5.41) is 22.5. The Bertz CT molecular complexity index is 4290. The Balaban J connectivity index is 0.000000209. The molecule has 0 bridgehead atoms. The smallest absolute Gasteiger partial charge is 0.255 e. The monoisotopic (exact) mass is 1330 g/mol. The molecule has 11 rings (SSSR count). The average Bonchev–Trinajstić information content (AvgIpc) is 1.72. The fraction of sp³-hybridized carbons (Fsp3) is 0.391. The number of anilines is 6. The minimum Gasteiger partial charge on any atom is -0.492 e. The van der Waals surface area contributed by atoms with Crippen molar-refractivity contribution in [2.75, 3.05) is 83.0 Å². The van der Waals surface area contributed by atoms with E-state index in [-0.39, 0.29) is 45.5 Å². The van der Waals surface area contributed by atoms with Crippen LogP contribution in [-0.2, 0) is 37.4 Å². The van der Waals surface area contributed by atoms with Crippen LogP contribution in [0.5, 0.6) is 11.5 Å². The second-order valence-electron chi connectivity index (χ2n) is 26.8. The number of nitrogens with zero attached hydrogens (tertiary/aromatic N) is 7. The number of nitrogens with one attached hydrogen (secondary N) is 9. The Kier molecular flexibility index (Phi) is 20.4. The molecule has 0 unspecified atom stereocenters. The molecule has 506 valence electrons. The molecule has 0 aliphatic carbocycles. The second kappa shape index (κ2) is 28.2. The highest BCUT2D eigenvalue weighted by molar-refractivity contribution is 7.92. The summed E-state index contributed by atoms with van der Waals surface area (Å²) in [6, 6.07) is 29.4. The number of aryl methyl sites for hydroxylation is 2. The third kappa shape index (κ3) is 16.4. The molecule has 4 aliphatic rings. The number of amides is 2. The van der Waals surface area contributed by atoms with E-state index in [1.165, 1.54) is 19.8 Å². The van der Waals surface area contributed by atoms with Gasteiger partial charge in [0.1, 0.15) is 0 Å².